The summed E-state index contributed by atoms with van der Waals surface area (Å²) in [6.45, 7) is 3.59. The van der Waals surface area contributed by atoms with Crippen molar-refractivity contribution in [1.82, 2.24) is 14.8 Å². The molecule has 2 aromatic carbocycles. The second kappa shape index (κ2) is 10.1. The maximum Gasteiger partial charge on any atom is 0.272 e. The number of benzene rings is 2. The first-order valence-electron chi connectivity index (χ1n) is 11.2. The molecule has 2 aliphatic rings. The van der Waals surface area contributed by atoms with Crippen LogP contribution in [0.1, 0.15) is 33.2 Å². The summed E-state index contributed by atoms with van der Waals surface area (Å²) in [7, 11) is 0. The lowest BCUT2D eigenvalue weighted by Crippen LogP contribution is -2.51. The molecule has 1 fully saturated rings. The topological polar surface area (TPSA) is 45.7 Å². The van der Waals surface area contributed by atoms with Crippen molar-refractivity contribution in [3.05, 3.63) is 98.2 Å². The zero-order valence-corrected chi connectivity index (χ0v) is 21.3. The molecule has 1 saturated heterocycles. The molecule has 0 spiro atoms. The molecular weight excluding hydrogens is 546 g/mol. The first-order valence-corrected chi connectivity index (χ1v) is 12.8. The number of aromatic nitrogens is 1. The Bertz CT molecular complexity index is 1110. The zero-order valence-electron chi connectivity index (χ0n) is 18.2. The lowest BCUT2D eigenvalue weighted by atomic mass is 10.0. The SMILES string of the molecule is O=C(c1ccccn1)N1CCN([C@H]2c3ccccc3C[C@H]2OCc2cc(Br)cc(Br)c2)CC1. The van der Waals surface area contributed by atoms with Gasteiger partial charge in [-0.3, -0.25) is 14.7 Å². The Morgan fingerprint density at radius 3 is 2.42 bits per heavy atom. The van der Waals surface area contributed by atoms with Gasteiger partial charge in [0, 0.05) is 47.7 Å². The minimum absolute atomic E-state index is 0.00936. The summed E-state index contributed by atoms with van der Waals surface area (Å²) in [5.41, 5.74) is 4.35. The number of nitrogens with zero attached hydrogens (tertiary/aromatic N) is 3. The first-order chi connectivity index (χ1) is 16.1. The molecule has 3 aromatic rings. The van der Waals surface area contributed by atoms with Crippen LogP contribution >= 0.6 is 31.9 Å². The van der Waals surface area contributed by atoms with Crippen LogP contribution in [0.15, 0.2) is 75.8 Å². The monoisotopic (exact) mass is 569 g/mol. The third-order valence-electron chi connectivity index (χ3n) is 6.41. The predicted octanol–water partition coefficient (Wildman–Crippen LogP) is 5.25. The van der Waals surface area contributed by atoms with E-state index in [0.29, 0.717) is 25.4 Å². The van der Waals surface area contributed by atoms with E-state index in [2.05, 4.69) is 78.1 Å². The van der Waals surface area contributed by atoms with Gasteiger partial charge in [0.05, 0.1) is 18.8 Å². The van der Waals surface area contributed by atoms with Gasteiger partial charge in [-0.2, -0.15) is 0 Å². The fourth-order valence-electron chi connectivity index (χ4n) is 4.87. The second-order valence-electron chi connectivity index (χ2n) is 8.52. The molecule has 2 heterocycles. The number of pyridine rings is 1. The molecule has 1 aromatic heterocycles. The van der Waals surface area contributed by atoms with Gasteiger partial charge >= 0.3 is 0 Å². The van der Waals surface area contributed by atoms with E-state index in [9.17, 15) is 4.79 Å². The van der Waals surface area contributed by atoms with Crippen molar-refractivity contribution in [2.45, 2.75) is 25.2 Å². The number of hydrogen-bond donors (Lipinski definition) is 0. The number of carbonyl (C=O) groups excluding carboxylic acids is 1. The fourth-order valence-corrected chi connectivity index (χ4v) is 6.26. The number of rotatable bonds is 5. The number of hydrogen-bond acceptors (Lipinski definition) is 4. The van der Waals surface area contributed by atoms with E-state index in [1.54, 1.807) is 12.3 Å². The highest BCUT2D eigenvalue weighted by atomic mass is 79.9. The van der Waals surface area contributed by atoms with Crippen molar-refractivity contribution in [3.63, 3.8) is 0 Å². The van der Waals surface area contributed by atoms with Crippen molar-refractivity contribution in [2.75, 3.05) is 26.2 Å². The summed E-state index contributed by atoms with van der Waals surface area (Å²) in [6, 6.07) is 20.6. The Kier molecular flexibility index (Phi) is 6.92. The van der Waals surface area contributed by atoms with Crippen LogP contribution in [-0.4, -0.2) is 53.0 Å². The van der Waals surface area contributed by atoms with Gasteiger partial charge in [-0.1, -0.05) is 62.2 Å². The largest absolute Gasteiger partial charge is 0.371 e. The van der Waals surface area contributed by atoms with E-state index in [0.717, 1.165) is 34.0 Å². The standard InChI is InChI=1S/C26H25Br2N3O2/c27-20-13-18(14-21(28)16-20)17-33-24-15-19-5-1-2-6-22(19)25(24)30-9-11-31(12-10-30)26(32)23-7-3-4-8-29-23/h1-8,13-14,16,24-25H,9-12,15,17H2/t24-,25+/m1/s1. The number of carbonyl (C=O) groups is 1. The summed E-state index contributed by atoms with van der Waals surface area (Å²) in [6.07, 6.45) is 2.66. The van der Waals surface area contributed by atoms with Crippen molar-refractivity contribution in [2.24, 2.45) is 0 Å². The van der Waals surface area contributed by atoms with Gasteiger partial charge in [-0.25, -0.2) is 0 Å². The van der Waals surface area contributed by atoms with Gasteiger partial charge in [0.2, 0.25) is 0 Å². The van der Waals surface area contributed by atoms with Gasteiger partial charge in [-0.15, -0.1) is 0 Å². The van der Waals surface area contributed by atoms with Crippen LogP contribution in [0.5, 0.6) is 0 Å². The second-order valence-corrected chi connectivity index (χ2v) is 10.3. The van der Waals surface area contributed by atoms with Gasteiger partial charge < -0.3 is 9.64 Å². The van der Waals surface area contributed by atoms with Gasteiger partial charge in [-0.05, 0) is 47.0 Å². The Morgan fingerprint density at radius 2 is 1.70 bits per heavy atom. The number of amides is 1. The van der Waals surface area contributed by atoms with E-state index in [-0.39, 0.29) is 18.1 Å². The van der Waals surface area contributed by atoms with Crippen LogP contribution in [0.4, 0.5) is 0 Å². The molecule has 0 saturated carbocycles. The van der Waals surface area contributed by atoms with Crippen molar-refractivity contribution < 1.29 is 9.53 Å². The van der Waals surface area contributed by atoms with Crippen LogP contribution in [0, 0.1) is 0 Å². The Labute approximate surface area is 211 Å². The van der Waals surface area contributed by atoms with Gasteiger partial charge in [0.1, 0.15) is 5.69 Å². The van der Waals surface area contributed by atoms with E-state index in [1.165, 1.54) is 11.1 Å². The predicted molar refractivity (Wildman–Crippen MR) is 135 cm³/mol. The van der Waals surface area contributed by atoms with E-state index in [1.807, 2.05) is 23.1 Å². The van der Waals surface area contributed by atoms with Crippen molar-refractivity contribution in [1.29, 1.82) is 0 Å². The number of halogens is 2. The smallest absolute Gasteiger partial charge is 0.272 e. The maximum atomic E-state index is 12.8. The van der Waals surface area contributed by atoms with Crippen molar-refractivity contribution >= 4 is 37.8 Å². The number of fused-ring (bicyclic) bond motifs is 1. The lowest BCUT2D eigenvalue weighted by molar-refractivity contribution is -0.0269. The molecule has 170 valence electrons. The van der Waals surface area contributed by atoms with Crippen LogP contribution in [-0.2, 0) is 17.8 Å². The first kappa shape index (κ1) is 22.7. The number of ether oxygens (including phenoxy) is 1. The maximum absolute atomic E-state index is 12.8. The molecule has 1 aliphatic carbocycles. The summed E-state index contributed by atoms with van der Waals surface area (Å²) >= 11 is 7.14. The molecule has 0 unspecified atom stereocenters. The Morgan fingerprint density at radius 1 is 0.970 bits per heavy atom. The van der Waals surface area contributed by atoms with Crippen molar-refractivity contribution in [3.8, 4) is 0 Å². The van der Waals surface area contributed by atoms with Crippen LogP contribution in [0.25, 0.3) is 0 Å². The molecule has 0 N–H and O–H groups in total. The summed E-state index contributed by atoms with van der Waals surface area (Å²) in [5.74, 6) is 0.00936. The molecule has 1 aliphatic heterocycles. The lowest BCUT2D eigenvalue weighted by Gasteiger charge is -2.40. The average Bonchev–Trinajstić information content (AvgIpc) is 3.21. The van der Waals surface area contributed by atoms with Gasteiger partial charge in [0.15, 0.2) is 0 Å². The highest BCUT2D eigenvalue weighted by molar-refractivity contribution is 9.11. The summed E-state index contributed by atoms with van der Waals surface area (Å²) < 4.78 is 8.59. The van der Waals surface area contributed by atoms with Crippen LogP contribution in [0.3, 0.4) is 0 Å². The minimum atomic E-state index is 0.00936. The molecule has 0 radical (unpaired) electrons. The molecule has 2 atom stereocenters. The summed E-state index contributed by atoms with van der Waals surface area (Å²) in [4.78, 5) is 21.4. The third-order valence-corrected chi connectivity index (χ3v) is 7.33. The van der Waals surface area contributed by atoms with E-state index in [4.69, 9.17) is 4.74 Å². The average molecular weight is 571 g/mol. The summed E-state index contributed by atoms with van der Waals surface area (Å²) in [5, 5.41) is 0. The number of piperazine rings is 1. The molecule has 7 heteroatoms. The van der Waals surface area contributed by atoms with Crippen LogP contribution in [0.2, 0.25) is 0 Å². The van der Waals surface area contributed by atoms with Crippen LogP contribution < -0.4 is 0 Å². The molecular formula is C26H25Br2N3O2. The van der Waals surface area contributed by atoms with E-state index >= 15 is 0 Å². The minimum Gasteiger partial charge on any atom is -0.371 e. The molecule has 1 amide bonds. The molecule has 5 nitrogen and oxygen atoms in total. The van der Waals surface area contributed by atoms with Gasteiger partial charge in [0.25, 0.3) is 5.91 Å². The molecule has 5 rings (SSSR count). The molecule has 33 heavy (non-hydrogen) atoms. The van der Waals surface area contributed by atoms with E-state index < -0.39 is 0 Å². The third kappa shape index (κ3) is 5.06. The highest BCUT2D eigenvalue weighted by Gasteiger charge is 2.39. The zero-order chi connectivity index (χ0) is 22.8. The molecule has 0 bridgehead atoms. The Hall–Kier alpha value is -2.06. The normalized spacial score (nSPS) is 20.6. The Balaban J connectivity index is 1.29. The quantitative estimate of drug-likeness (QED) is 0.420. The highest BCUT2D eigenvalue weighted by Crippen LogP contribution is 2.38. The fraction of sp³-hybridized carbons (Fsp3) is 0.308.